The summed E-state index contributed by atoms with van der Waals surface area (Å²) in [5.41, 5.74) is 2.05. The summed E-state index contributed by atoms with van der Waals surface area (Å²) in [5, 5.41) is 7.45. The minimum atomic E-state index is -3.83. The van der Waals surface area contributed by atoms with Gasteiger partial charge >= 0.3 is 10.3 Å². The third kappa shape index (κ3) is 2.22. The first kappa shape index (κ1) is 11.8. The molecule has 1 heterocycles. The Hall–Kier alpha value is -1.67. The zero-order valence-corrected chi connectivity index (χ0v) is 10.5. The molecule has 0 aliphatic heterocycles. The molecule has 1 aromatic heterocycles. The Labute approximate surface area is 98.8 Å². The average molecular weight is 256 g/mol. The summed E-state index contributed by atoms with van der Waals surface area (Å²) in [6.07, 6.45) is 0. The molecule has 0 amide bonds. The van der Waals surface area contributed by atoms with Gasteiger partial charge in [-0.1, -0.05) is 10.9 Å². The van der Waals surface area contributed by atoms with Gasteiger partial charge in [0, 0.05) is 14.1 Å². The fourth-order valence-electron chi connectivity index (χ4n) is 1.22. The molecule has 0 saturated heterocycles. The topological polar surface area (TPSA) is 77.3 Å². The molecule has 0 fully saturated rings. The highest BCUT2D eigenvalue weighted by Gasteiger charge is 2.18. The molecule has 0 aliphatic carbocycles. The molecule has 92 valence electrons. The van der Waals surface area contributed by atoms with Crippen molar-refractivity contribution in [2.24, 2.45) is 0 Å². The van der Waals surface area contributed by atoms with Crippen LogP contribution in [0.5, 0.6) is 0 Å². The summed E-state index contributed by atoms with van der Waals surface area (Å²) in [6.45, 7) is 1.89. The van der Waals surface area contributed by atoms with Crippen LogP contribution in [0.2, 0.25) is 0 Å². The van der Waals surface area contributed by atoms with Crippen LogP contribution in [0.15, 0.2) is 18.2 Å². The van der Waals surface area contributed by atoms with Crippen LogP contribution in [0, 0.1) is 6.92 Å². The quantitative estimate of drug-likeness (QED) is 0.771. The molecular formula is C9H12N4O3S. The van der Waals surface area contributed by atoms with E-state index in [0.717, 1.165) is 14.7 Å². The van der Waals surface area contributed by atoms with Crippen molar-refractivity contribution in [1.82, 2.24) is 19.5 Å². The molecule has 0 unspecified atom stereocenters. The number of aryl methyl sites for hydroxylation is 1. The van der Waals surface area contributed by atoms with Crippen LogP contribution < -0.4 is 4.28 Å². The van der Waals surface area contributed by atoms with Gasteiger partial charge in [0.1, 0.15) is 11.0 Å². The lowest BCUT2D eigenvalue weighted by molar-refractivity contribution is 0.226. The Morgan fingerprint density at radius 3 is 2.71 bits per heavy atom. The second-order valence-corrected chi connectivity index (χ2v) is 5.50. The summed E-state index contributed by atoms with van der Waals surface area (Å²) < 4.78 is 28.9. The van der Waals surface area contributed by atoms with Crippen molar-refractivity contribution in [2.75, 3.05) is 14.1 Å². The fraction of sp³-hybridized carbons (Fsp3) is 0.333. The standard InChI is InChI=1S/C9H12N4O3S/c1-7-4-5-8-9(6-7)13(11-10-8)16-17(14,15)12(2)3/h4-6H,1-3H3. The summed E-state index contributed by atoms with van der Waals surface area (Å²) in [6, 6.07) is 5.36. The number of nitrogens with zero attached hydrogens (tertiary/aromatic N) is 4. The molecule has 0 aliphatic rings. The zero-order chi connectivity index (χ0) is 12.6. The lowest BCUT2D eigenvalue weighted by Gasteiger charge is -2.10. The number of rotatable bonds is 3. The van der Waals surface area contributed by atoms with Crippen molar-refractivity contribution < 1.29 is 12.7 Å². The molecule has 0 N–H and O–H groups in total. The van der Waals surface area contributed by atoms with Gasteiger partial charge in [0.25, 0.3) is 0 Å². The summed E-state index contributed by atoms with van der Waals surface area (Å²) in [5.74, 6) is 0. The van der Waals surface area contributed by atoms with Crippen molar-refractivity contribution in [3.05, 3.63) is 23.8 Å². The highest BCUT2D eigenvalue weighted by Crippen LogP contribution is 2.12. The average Bonchev–Trinajstić information content (AvgIpc) is 2.60. The van der Waals surface area contributed by atoms with E-state index in [1.807, 2.05) is 13.0 Å². The fourth-order valence-corrected chi connectivity index (χ4v) is 1.64. The molecule has 0 radical (unpaired) electrons. The van der Waals surface area contributed by atoms with Crippen molar-refractivity contribution in [3.63, 3.8) is 0 Å². The lowest BCUT2D eigenvalue weighted by atomic mass is 10.2. The highest BCUT2D eigenvalue weighted by molar-refractivity contribution is 7.84. The Balaban J connectivity index is 2.47. The molecule has 0 spiro atoms. The predicted octanol–water partition coefficient (Wildman–Crippen LogP) is -0.0253. The van der Waals surface area contributed by atoms with Gasteiger partial charge in [-0.25, -0.2) is 0 Å². The summed E-state index contributed by atoms with van der Waals surface area (Å²) in [4.78, 5) is 0.900. The molecule has 0 bridgehead atoms. The third-order valence-corrected chi connectivity index (χ3v) is 3.41. The van der Waals surface area contributed by atoms with Crippen LogP contribution in [-0.4, -0.2) is 42.0 Å². The monoisotopic (exact) mass is 256 g/mol. The molecule has 2 rings (SSSR count). The number of benzene rings is 1. The van der Waals surface area contributed by atoms with Gasteiger partial charge in [-0.3, -0.25) is 4.28 Å². The van der Waals surface area contributed by atoms with Crippen LogP contribution in [0.25, 0.3) is 11.0 Å². The van der Waals surface area contributed by atoms with Gasteiger partial charge in [0.05, 0.1) is 0 Å². The van der Waals surface area contributed by atoms with E-state index in [2.05, 4.69) is 10.3 Å². The first-order chi connectivity index (χ1) is 7.90. The molecule has 0 saturated carbocycles. The minimum Gasteiger partial charge on any atom is -0.255 e. The van der Waals surface area contributed by atoms with Crippen LogP contribution >= 0.6 is 0 Å². The summed E-state index contributed by atoms with van der Waals surface area (Å²) in [7, 11) is -1.08. The summed E-state index contributed by atoms with van der Waals surface area (Å²) >= 11 is 0. The zero-order valence-electron chi connectivity index (χ0n) is 9.65. The highest BCUT2D eigenvalue weighted by atomic mass is 32.2. The molecule has 8 heteroatoms. The maximum Gasteiger partial charge on any atom is 0.404 e. The largest absolute Gasteiger partial charge is 0.404 e. The van der Waals surface area contributed by atoms with E-state index in [1.165, 1.54) is 14.1 Å². The second-order valence-electron chi connectivity index (χ2n) is 3.77. The maximum atomic E-state index is 11.5. The van der Waals surface area contributed by atoms with E-state index < -0.39 is 10.3 Å². The molecular weight excluding hydrogens is 244 g/mol. The molecule has 1 aromatic carbocycles. The van der Waals surface area contributed by atoms with Gasteiger partial charge in [-0.05, 0) is 29.8 Å². The molecule has 7 nitrogen and oxygen atoms in total. The number of hydrogen-bond acceptors (Lipinski definition) is 5. The first-order valence-electron chi connectivity index (χ1n) is 4.84. The van der Waals surface area contributed by atoms with E-state index in [9.17, 15) is 8.42 Å². The minimum absolute atomic E-state index is 0.510. The van der Waals surface area contributed by atoms with Gasteiger partial charge in [-0.15, -0.1) is 5.10 Å². The molecule has 2 aromatic rings. The Bertz CT molecular complexity index is 647. The Morgan fingerprint density at radius 2 is 2.06 bits per heavy atom. The second kappa shape index (κ2) is 3.97. The number of aromatic nitrogens is 3. The SMILES string of the molecule is Cc1ccc2nnn(OS(=O)(=O)N(C)C)c2c1. The van der Waals surface area contributed by atoms with Crippen LogP contribution in [0.1, 0.15) is 5.56 Å². The lowest BCUT2D eigenvalue weighted by Crippen LogP contribution is -2.32. The van der Waals surface area contributed by atoms with Gasteiger partial charge in [0.2, 0.25) is 0 Å². The van der Waals surface area contributed by atoms with E-state index in [4.69, 9.17) is 4.28 Å². The van der Waals surface area contributed by atoms with Crippen molar-refractivity contribution in [2.45, 2.75) is 6.92 Å². The van der Waals surface area contributed by atoms with E-state index in [0.29, 0.717) is 11.0 Å². The van der Waals surface area contributed by atoms with Crippen LogP contribution in [-0.2, 0) is 10.3 Å². The number of fused-ring (bicyclic) bond motifs is 1. The predicted molar refractivity (Wildman–Crippen MR) is 61.5 cm³/mol. The van der Waals surface area contributed by atoms with Gasteiger partial charge < -0.3 is 0 Å². The number of hydrogen-bond donors (Lipinski definition) is 0. The normalized spacial score (nSPS) is 12.2. The molecule has 17 heavy (non-hydrogen) atoms. The molecule has 0 atom stereocenters. The van der Waals surface area contributed by atoms with E-state index in [1.54, 1.807) is 12.1 Å². The Kier molecular flexibility index (Phi) is 2.76. The van der Waals surface area contributed by atoms with E-state index >= 15 is 0 Å². The smallest absolute Gasteiger partial charge is 0.255 e. The van der Waals surface area contributed by atoms with Crippen molar-refractivity contribution in [1.29, 1.82) is 0 Å². The van der Waals surface area contributed by atoms with Crippen molar-refractivity contribution >= 4 is 21.3 Å². The third-order valence-electron chi connectivity index (χ3n) is 2.18. The van der Waals surface area contributed by atoms with Crippen molar-refractivity contribution in [3.8, 4) is 0 Å². The van der Waals surface area contributed by atoms with Gasteiger partial charge in [-0.2, -0.15) is 12.7 Å². The first-order valence-corrected chi connectivity index (χ1v) is 6.21. The Morgan fingerprint density at radius 1 is 1.35 bits per heavy atom. The van der Waals surface area contributed by atoms with Gasteiger partial charge in [0.15, 0.2) is 0 Å². The van der Waals surface area contributed by atoms with Crippen LogP contribution in [0.4, 0.5) is 0 Å². The van der Waals surface area contributed by atoms with Crippen LogP contribution in [0.3, 0.4) is 0 Å². The van der Waals surface area contributed by atoms with E-state index in [-0.39, 0.29) is 0 Å². The maximum absolute atomic E-state index is 11.5.